The van der Waals surface area contributed by atoms with Gasteiger partial charge in [0.15, 0.2) is 0 Å². The van der Waals surface area contributed by atoms with Gasteiger partial charge >= 0.3 is 7.82 Å². The Balaban J connectivity index is 4.02. The van der Waals surface area contributed by atoms with Crippen molar-refractivity contribution in [3.63, 3.8) is 0 Å². The molecule has 3 atom stereocenters. The number of unbranched alkanes of at least 4 members (excludes halogenated alkanes) is 41. The number of carbonyl (C=O) groups excluding carboxylic acids is 1. The van der Waals surface area contributed by atoms with Crippen molar-refractivity contribution in [3.8, 4) is 0 Å². The standard InChI is InChI=1S/C71H135N2O6P/c1-6-8-10-12-14-16-18-20-22-24-26-28-30-32-33-34-35-36-37-38-39-41-43-45-47-49-51-53-55-57-59-61-63-65-71(75)72-69(68-79-80(76,77)78-67-66-73(3,4)5)70(74)64-62-60-58-56-54-52-50-48-46-44-42-40-31-29-27-25-23-21-19-17-15-13-11-9-7-2/h8,10,14,16,20,22,26,28,32-33,69-70,74H,6-7,9,11-13,15,17-19,21,23-25,27,29-31,34-68H2,1-5H3,(H-,72,75,76,77)/p+1/b10-8-,16-14-,22-20-,28-26-,33-32-. The molecule has 0 aliphatic rings. The number of nitrogens with one attached hydrogen (secondary N) is 1. The number of phosphoric ester groups is 1. The molecule has 470 valence electrons. The number of hydrogen-bond donors (Lipinski definition) is 3. The summed E-state index contributed by atoms with van der Waals surface area (Å²) in [4.78, 5) is 23.5. The number of phosphoric acid groups is 1. The summed E-state index contributed by atoms with van der Waals surface area (Å²) in [6, 6.07) is -0.763. The van der Waals surface area contributed by atoms with Crippen LogP contribution in [0.2, 0.25) is 0 Å². The smallest absolute Gasteiger partial charge is 0.391 e. The molecule has 0 aliphatic heterocycles. The van der Waals surface area contributed by atoms with Gasteiger partial charge in [-0.1, -0.05) is 331 Å². The molecule has 0 aliphatic carbocycles. The summed E-state index contributed by atoms with van der Waals surface area (Å²) in [6.45, 7) is 4.82. The number of likely N-dealkylation sites (N-methyl/N-ethyl adjacent to an activating group) is 1. The second kappa shape index (κ2) is 61.8. The van der Waals surface area contributed by atoms with E-state index in [-0.39, 0.29) is 19.1 Å². The van der Waals surface area contributed by atoms with Gasteiger partial charge in [0.2, 0.25) is 5.91 Å². The van der Waals surface area contributed by atoms with Crippen LogP contribution in [0.15, 0.2) is 60.8 Å². The maximum atomic E-state index is 13.1. The molecule has 8 nitrogen and oxygen atoms in total. The Morgan fingerprint density at radius 3 is 1.10 bits per heavy atom. The number of hydrogen-bond acceptors (Lipinski definition) is 5. The molecule has 0 saturated heterocycles. The lowest BCUT2D eigenvalue weighted by atomic mass is 10.0. The van der Waals surface area contributed by atoms with Crippen molar-refractivity contribution in [2.24, 2.45) is 0 Å². The van der Waals surface area contributed by atoms with Gasteiger partial charge in [-0.15, -0.1) is 0 Å². The Morgan fingerprint density at radius 2 is 0.750 bits per heavy atom. The zero-order valence-corrected chi connectivity index (χ0v) is 54.7. The monoisotopic (exact) mass is 1140 g/mol. The van der Waals surface area contributed by atoms with Gasteiger partial charge in [-0.25, -0.2) is 4.57 Å². The fourth-order valence-corrected chi connectivity index (χ4v) is 11.2. The van der Waals surface area contributed by atoms with E-state index in [0.29, 0.717) is 23.9 Å². The molecule has 0 aromatic rings. The summed E-state index contributed by atoms with van der Waals surface area (Å²) >= 11 is 0. The van der Waals surface area contributed by atoms with Crippen molar-refractivity contribution >= 4 is 13.7 Å². The third-order valence-electron chi connectivity index (χ3n) is 15.8. The molecule has 9 heteroatoms. The fourth-order valence-electron chi connectivity index (χ4n) is 10.4. The number of aliphatic hydroxyl groups excluding tert-OH is 1. The Hall–Kier alpha value is -1.80. The molecule has 0 aromatic carbocycles. The van der Waals surface area contributed by atoms with Crippen LogP contribution in [0.25, 0.3) is 0 Å². The lowest BCUT2D eigenvalue weighted by Gasteiger charge is -2.26. The number of nitrogens with zero attached hydrogens (tertiary/aromatic N) is 1. The molecule has 0 saturated carbocycles. The van der Waals surface area contributed by atoms with Crippen LogP contribution in [0.4, 0.5) is 0 Å². The number of aliphatic hydroxyl groups is 1. The highest BCUT2D eigenvalue weighted by atomic mass is 31.2. The van der Waals surface area contributed by atoms with Gasteiger partial charge in [0.05, 0.1) is 39.9 Å². The van der Waals surface area contributed by atoms with Crippen LogP contribution in [0, 0.1) is 0 Å². The molecular formula is C71H136N2O6P+. The first-order valence-corrected chi connectivity index (χ1v) is 36.1. The summed E-state index contributed by atoms with van der Waals surface area (Å²) in [5.41, 5.74) is 0. The predicted molar refractivity (Wildman–Crippen MR) is 350 cm³/mol. The molecule has 0 bridgehead atoms. The van der Waals surface area contributed by atoms with Crippen LogP contribution < -0.4 is 5.32 Å². The van der Waals surface area contributed by atoms with Crippen LogP contribution >= 0.6 is 7.82 Å². The van der Waals surface area contributed by atoms with Crippen molar-refractivity contribution in [1.29, 1.82) is 0 Å². The van der Waals surface area contributed by atoms with Crippen molar-refractivity contribution in [2.45, 2.75) is 347 Å². The van der Waals surface area contributed by atoms with E-state index < -0.39 is 20.0 Å². The summed E-state index contributed by atoms with van der Waals surface area (Å²) < 4.78 is 23.9. The largest absolute Gasteiger partial charge is 0.472 e. The molecule has 0 radical (unpaired) electrons. The van der Waals surface area contributed by atoms with E-state index in [0.717, 1.165) is 70.6 Å². The Kier molecular flexibility index (Phi) is 60.4. The van der Waals surface area contributed by atoms with Gasteiger partial charge in [-0.2, -0.15) is 0 Å². The highest BCUT2D eigenvalue weighted by Crippen LogP contribution is 2.43. The van der Waals surface area contributed by atoms with Crippen LogP contribution in [0.3, 0.4) is 0 Å². The Labute approximate surface area is 498 Å². The minimum absolute atomic E-state index is 0.0751. The summed E-state index contributed by atoms with van der Waals surface area (Å²) in [6.07, 6.45) is 84.6. The lowest BCUT2D eigenvalue weighted by molar-refractivity contribution is -0.870. The predicted octanol–water partition coefficient (Wildman–Crippen LogP) is 22.0. The lowest BCUT2D eigenvalue weighted by Crippen LogP contribution is -2.46. The molecule has 80 heavy (non-hydrogen) atoms. The zero-order chi connectivity index (χ0) is 58.4. The maximum Gasteiger partial charge on any atom is 0.472 e. The molecule has 0 fully saturated rings. The van der Waals surface area contributed by atoms with E-state index >= 15 is 0 Å². The number of rotatable bonds is 64. The highest BCUT2D eigenvalue weighted by Gasteiger charge is 2.28. The topological polar surface area (TPSA) is 105 Å². The van der Waals surface area contributed by atoms with Gasteiger partial charge in [-0.05, 0) is 57.8 Å². The fraction of sp³-hybridized carbons (Fsp3) is 0.845. The minimum Gasteiger partial charge on any atom is -0.391 e. The van der Waals surface area contributed by atoms with Gasteiger partial charge in [0.25, 0.3) is 0 Å². The molecule has 0 heterocycles. The molecular weight excluding hydrogens is 1010 g/mol. The number of amides is 1. The van der Waals surface area contributed by atoms with E-state index in [1.807, 2.05) is 21.1 Å². The van der Waals surface area contributed by atoms with Crippen LogP contribution in [-0.2, 0) is 18.4 Å². The van der Waals surface area contributed by atoms with Crippen molar-refractivity contribution in [3.05, 3.63) is 60.8 Å². The quantitative estimate of drug-likeness (QED) is 0.0243. The normalized spacial score (nSPS) is 14.0. The number of allylic oxidation sites excluding steroid dienone is 10. The zero-order valence-electron chi connectivity index (χ0n) is 53.8. The summed E-state index contributed by atoms with van der Waals surface area (Å²) in [5.74, 6) is -0.140. The van der Waals surface area contributed by atoms with E-state index in [1.54, 1.807) is 0 Å². The van der Waals surface area contributed by atoms with Gasteiger partial charge < -0.3 is 19.8 Å². The molecule has 3 N–H and O–H groups in total. The van der Waals surface area contributed by atoms with E-state index in [1.165, 1.54) is 238 Å². The average Bonchev–Trinajstić information content (AvgIpc) is 3.42. The van der Waals surface area contributed by atoms with E-state index in [2.05, 4.69) is 79.9 Å². The second-order valence-electron chi connectivity index (χ2n) is 24.9. The first-order valence-electron chi connectivity index (χ1n) is 34.7. The Bertz CT molecular complexity index is 1490. The third-order valence-corrected chi connectivity index (χ3v) is 16.8. The molecule has 0 rings (SSSR count). The van der Waals surface area contributed by atoms with Crippen molar-refractivity contribution in [1.82, 2.24) is 5.32 Å². The minimum atomic E-state index is -4.33. The number of carbonyl (C=O) groups is 1. The van der Waals surface area contributed by atoms with Gasteiger partial charge in [-0.3, -0.25) is 13.8 Å². The highest BCUT2D eigenvalue weighted by molar-refractivity contribution is 7.47. The van der Waals surface area contributed by atoms with Crippen LogP contribution in [-0.4, -0.2) is 73.4 Å². The molecule has 0 spiro atoms. The summed E-state index contributed by atoms with van der Waals surface area (Å²) in [5, 5.41) is 14.2. The van der Waals surface area contributed by atoms with E-state index in [4.69, 9.17) is 9.05 Å². The number of quaternary nitrogens is 1. The maximum absolute atomic E-state index is 13.1. The van der Waals surface area contributed by atoms with Gasteiger partial charge in [0.1, 0.15) is 13.2 Å². The average molecular weight is 1140 g/mol. The van der Waals surface area contributed by atoms with Crippen LogP contribution in [0.5, 0.6) is 0 Å². The molecule has 0 aromatic heterocycles. The second-order valence-corrected chi connectivity index (χ2v) is 26.3. The Morgan fingerprint density at radius 1 is 0.438 bits per heavy atom. The van der Waals surface area contributed by atoms with Gasteiger partial charge in [0, 0.05) is 6.42 Å². The van der Waals surface area contributed by atoms with Crippen molar-refractivity contribution in [2.75, 3.05) is 40.9 Å². The summed E-state index contributed by atoms with van der Waals surface area (Å²) in [7, 11) is 1.63. The van der Waals surface area contributed by atoms with Crippen LogP contribution in [0.1, 0.15) is 335 Å². The third kappa shape index (κ3) is 63.8. The van der Waals surface area contributed by atoms with E-state index in [9.17, 15) is 19.4 Å². The first-order chi connectivity index (χ1) is 39.0. The molecule has 3 unspecified atom stereocenters. The SMILES string of the molecule is CC/C=C\C/C=C\C/C=C\C/C=C\C/C=C\CCCCCCCCCCCCCCCCCCCC(=O)NC(COP(=O)(O)OCC[N+](C)(C)C)C(O)CCCCCCCCCCCCCCCCCCCCCCCCCCC. The molecule has 1 amide bonds. The van der Waals surface area contributed by atoms with Crippen molar-refractivity contribution < 1.29 is 32.9 Å². The first kappa shape index (κ1) is 78.2.